The molecule has 1 aliphatic heterocycles. The van der Waals surface area contributed by atoms with Crippen LogP contribution in [0.15, 0.2) is 24.3 Å². The molecule has 0 saturated carbocycles. The van der Waals surface area contributed by atoms with Crippen LogP contribution in [0.4, 0.5) is 9.18 Å². The minimum absolute atomic E-state index is 0. The van der Waals surface area contributed by atoms with Gasteiger partial charge in [0.25, 0.3) is 0 Å². The highest BCUT2D eigenvalue weighted by Gasteiger charge is 2.33. The van der Waals surface area contributed by atoms with E-state index in [1.54, 1.807) is 24.3 Å². The second kappa shape index (κ2) is 10.4. The van der Waals surface area contributed by atoms with Gasteiger partial charge in [-0.05, 0) is 35.2 Å². The number of methoxy groups -OCH3 is 2. The molecule has 0 fully saturated rings. The summed E-state index contributed by atoms with van der Waals surface area (Å²) in [7, 11) is 4.21. The van der Waals surface area contributed by atoms with Crippen molar-refractivity contribution in [1.29, 1.82) is 5.41 Å². The lowest BCUT2D eigenvalue weighted by Gasteiger charge is -2.23. The van der Waals surface area contributed by atoms with Crippen LogP contribution in [0.3, 0.4) is 0 Å². The van der Waals surface area contributed by atoms with Crippen LogP contribution in [0.25, 0.3) is 0 Å². The summed E-state index contributed by atoms with van der Waals surface area (Å²) in [6.45, 7) is 5.93. The number of ketones is 1. The molecule has 2 N–H and O–H groups in total. The summed E-state index contributed by atoms with van der Waals surface area (Å²) in [4.78, 5) is 26.3. The summed E-state index contributed by atoms with van der Waals surface area (Å²) in [5, 5.41) is 10.8. The summed E-state index contributed by atoms with van der Waals surface area (Å²) >= 11 is 0. The minimum Gasteiger partial charge on any atom is -0.493 e. The van der Waals surface area contributed by atoms with Gasteiger partial charge in [0.2, 0.25) is 0 Å². The number of carbonyl (C=O) groups is 2. The highest BCUT2D eigenvalue weighted by atomic mass is 79.9. The topological polar surface area (TPSA) is 101 Å². The van der Waals surface area contributed by atoms with Crippen molar-refractivity contribution in [2.24, 2.45) is 0 Å². The summed E-state index contributed by atoms with van der Waals surface area (Å²) in [6, 6.07) is 6.48. The first kappa shape index (κ1) is 27.1. The van der Waals surface area contributed by atoms with E-state index in [-0.39, 0.29) is 58.8 Å². The van der Waals surface area contributed by atoms with E-state index in [1.165, 1.54) is 26.2 Å². The van der Waals surface area contributed by atoms with E-state index >= 15 is 0 Å². The molecule has 0 unspecified atom stereocenters. The molecule has 1 heterocycles. The van der Waals surface area contributed by atoms with Crippen LogP contribution in [0, 0.1) is 11.2 Å². The summed E-state index contributed by atoms with van der Waals surface area (Å²) in [5.41, 5.74) is 1.35. The lowest BCUT2D eigenvalue weighted by atomic mass is 9.85. The van der Waals surface area contributed by atoms with Crippen LogP contribution < -0.4 is 19.5 Å². The van der Waals surface area contributed by atoms with E-state index in [0.29, 0.717) is 22.4 Å². The summed E-state index contributed by atoms with van der Waals surface area (Å²) < 4.78 is 30.6. The van der Waals surface area contributed by atoms with Gasteiger partial charge in [-0.2, -0.15) is 0 Å². The molecule has 0 saturated heterocycles. The zero-order valence-electron chi connectivity index (χ0n) is 20.0. The second-order valence-corrected chi connectivity index (χ2v) is 8.69. The van der Waals surface area contributed by atoms with Crippen molar-refractivity contribution in [2.45, 2.75) is 32.7 Å². The average molecular weight is 538 g/mol. The first-order valence-electron chi connectivity index (χ1n) is 10.4. The normalized spacial score (nSPS) is 12.6. The molecule has 2 aromatic carbocycles. The number of hydrogen-bond donors (Lipinski definition) is 2. The van der Waals surface area contributed by atoms with Gasteiger partial charge in [0.15, 0.2) is 23.1 Å². The van der Waals surface area contributed by atoms with E-state index in [1.807, 2.05) is 20.8 Å². The standard InChI is InChI=1S/C24H28FN3O5.BrH/c1-24(2,3)15-9-13(7-8-17(15)33-23(30)27-4)16(29)12-28-11-14-10-18(31-5)21(32-6)20(25)19(14)22(28)26;/h7-10,26H,11-12H2,1-6H3,(H,27,30);1H. The van der Waals surface area contributed by atoms with Gasteiger partial charge in [-0.25, -0.2) is 9.18 Å². The van der Waals surface area contributed by atoms with Crippen molar-refractivity contribution < 1.29 is 28.2 Å². The molecule has 34 heavy (non-hydrogen) atoms. The third-order valence-corrected chi connectivity index (χ3v) is 5.46. The van der Waals surface area contributed by atoms with Gasteiger partial charge in [-0.1, -0.05) is 20.8 Å². The predicted molar refractivity (Wildman–Crippen MR) is 132 cm³/mol. The molecule has 8 nitrogen and oxygen atoms in total. The van der Waals surface area contributed by atoms with Gasteiger partial charge in [0.05, 0.1) is 26.3 Å². The summed E-state index contributed by atoms with van der Waals surface area (Å²) in [5.74, 6) is -0.498. The largest absolute Gasteiger partial charge is 0.493 e. The number of nitrogens with zero attached hydrogens (tertiary/aromatic N) is 1. The minimum atomic E-state index is -0.683. The number of fused-ring (bicyclic) bond motifs is 1. The second-order valence-electron chi connectivity index (χ2n) is 8.69. The highest BCUT2D eigenvalue weighted by Crippen LogP contribution is 2.38. The molecule has 184 valence electrons. The number of amides is 1. The van der Waals surface area contributed by atoms with Crippen molar-refractivity contribution in [3.05, 3.63) is 52.3 Å². The van der Waals surface area contributed by atoms with Crippen LogP contribution >= 0.6 is 17.0 Å². The first-order chi connectivity index (χ1) is 15.5. The number of hydrogen-bond acceptors (Lipinski definition) is 6. The highest BCUT2D eigenvalue weighted by molar-refractivity contribution is 8.93. The van der Waals surface area contributed by atoms with E-state index in [0.717, 1.165) is 0 Å². The van der Waals surface area contributed by atoms with Gasteiger partial charge in [0, 0.05) is 24.7 Å². The Hall–Kier alpha value is -3.14. The van der Waals surface area contributed by atoms with Gasteiger partial charge in [0.1, 0.15) is 11.6 Å². The zero-order valence-corrected chi connectivity index (χ0v) is 21.7. The molecule has 10 heteroatoms. The molecular formula is C24H29BrFN3O5. The van der Waals surface area contributed by atoms with E-state index < -0.39 is 17.3 Å². The van der Waals surface area contributed by atoms with E-state index in [9.17, 15) is 14.0 Å². The van der Waals surface area contributed by atoms with Crippen molar-refractivity contribution in [1.82, 2.24) is 10.2 Å². The van der Waals surface area contributed by atoms with Crippen molar-refractivity contribution in [2.75, 3.05) is 27.8 Å². The SMILES string of the molecule is Br.CNC(=O)Oc1ccc(C(=O)CN2Cc3cc(OC)c(OC)c(F)c3C2=N)cc1C(C)(C)C. The number of halogens is 2. The van der Waals surface area contributed by atoms with Crippen LogP contribution in [-0.4, -0.2) is 50.4 Å². The number of rotatable bonds is 6. The Balaban J connectivity index is 0.00000408. The Kier molecular flexibility index (Phi) is 8.31. The number of amidine groups is 1. The Morgan fingerprint density at radius 2 is 1.82 bits per heavy atom. The molecule has 2 aromatic rings. The first-order valence-corrected chi connectivity index (χ1v) is 10.4. The van der Waals surface area contributed by atoms with Gasteiger partial charge < -0.3 is 24.4 Å². The van der Waals surface area contributed by atoms with E-state index in [2.05, 4.69) is 5.32 Å². The molecule has 0 atom stereocenters. The molecule has 0 aliphatic carbocycles. The molecule has 0 spiro atoms. The third kappa shape index (κ3) is 5.16. The maximum atomic E-state index is 15.0. The smallest absolute Gasteiger partial charge is 0.412 e. The van der Waals surface area contributed by atoms with Gasteiger partial charge >= 0.3 is 6.09 Å². The molecular weight excluding hydrogens is 509 g/mol. The number of Topliss-reactive ketones (excluding diaryl/α,β-unsaturated/α-hetero) is 1. The molecule has 0 bridgehead atoms. The van der Waals surface area contributed by atoms with Crippen LogP contribution in [0.5, 0.6) is 17.2 Å². The van der Waals surface area contributed by atoms with Crippen LogP contribution in [0.2, 0.25) is 0 Å². The molecule has 1 aliphatic rings. The van der Waals surface area contributed by atoms with Crippen LogP contribution in [0.1, 0.15) is 47.8 Å². The Bertz CT molecular complexity index is 1130. The van der Waals surface area contributed by atoms with Crippen molar-refractivity contribution >= 4 is 34.7 Å². The lowest BCUT2D eigenvalue weighted by Crippen LogP contribution is -2.31. The monoisotopic (exact) mass is 537 g/mol. The molecule has 0 radical (unpaired) electrons. The van der Waals surface area contributed by atoms with Gasteiger partial charge in [-0.15, -0.1) is 17.0 Å². The lowest BCUT2D eigenvalue weighted by molar-refractivity contribution is 0.0962. The molecule has 1 amide bonds. The fraction of sp³-hybridized carbons (Fsp3) is 0.375. The van der Waals surface area contributed by atoms with Gasteiger partial charge in [-0.3, -0.25) is 10.2 Å². The number of nitrogens with one attached hydrogen (secondary N) is 2. The predicted octanol–water partition coefficient (Wildman–Crippen LogP) is 4.46. The number of benzene rings is 2. The third-order valence-electron chi connectivity index (χ3n) is 5.46. The van der Waals surface area contributed by atoms with E-state index in [4.69, 9.17) is 19.6 Å². The Morgan fingerprint density at radius 3 is 2.38 bits per heavy atom. The average Bonchev–Trinajstić information content (AvgIpc) is 3.07. The fourth-order valence-electron chi connectivity index (χ4n) is 3.75. The fourth-order valence-corrected chi connectivity index (χ4v) is 3.75. The summed E-state index contributed by atoms with van der Waals surface area (Å²) in [6.07, 6.45) is -0.601. The van der Waals surface area contributed by atoms with Crippen molar-refractivity contribution in [3.8, 4) is 17.2 Å². The number of carbonyl (C=O) groups excluding carboxylic acids is 2. The Labute approximate surface area is 208 Å². The number of ether oxygens (including phenoxy) is 3. The van der Waals surface area contributed by atoms with Crippen molar-refractivity contribution in [3.63, 3.8) is 0 Å². The quantitative estimate of drug-likeness (QED) is 0.527. The van der Waals surface area contributed by atoms with Crippen LogP contribution in [-0.2, 0) is 12.0 Å². The molecule has 3 rings (SSSR count). The maximum Gasteiger partial charge on any atom is 0.412 e. The molecule has 0 aromatic heterocycles. The maximum absolute atomic E-state index is 15.0. The Morgan fingerprint density at radius 1 is 1.15 bits per heavy atom. The zero-order chi connectivity index (χ0) is 24.5.